The number of aromatic nitrogens is 2. The minimum Gasteiger partial charge on any atom is -0.317 e. The number of hydrogen-bond acceptors (Lipinski definition) is 4. The minimum absolute atomic E-state index is 0.250. The summed E-state index contributed by atoms with van der Waals surface area (Å²) in [6.45, 7) is 1.95. The summed E-state index contributed by atoms with van der Waals surface area (Å²) in [5, 5.41) is 6.98. The zero-order valence-electron chi connectivity index (χ0n) is 10.8. The third-order valence-corrected chi connectivity index (χ3v) is 5.62. The van der Waals surface area contributed by atoms with E-state index in [0.717, 1.165) is 18.7 Å². The van der Waals surface area contributed by atoms with E-state index in [-0.39, 0.29) is 5.25 Å². The quantitative estimate of drug-likeness (QED) is 0.833. The number of aryl methyl sites for hydroxylation is 1. The highest BCUT2D eigenvalue weighted by atomic mass is 32.2. The van der Waals surface area contributed by atoms with Crippen LogP contribution in [0.5, 0.6) is 0 Å². The Hall–Kier alpha value is -0.920. The molecule has 1 saturated heterocycles. The van der Waals surface area contributed by atoms with E-state index < -0.39 is 10.0 Å². The van der Waals surface area contributed by atoms with Gasteiger partial charge in [-0.1, -0.05) is 0 Å². The second kappa shape index (κ2) is 5.38. The van der Waals surface area contributed by atoms with E-state index in [0.29, 0.717) is 19.4 Å². The molecule has 1 aliphatic rings. The summed E-state index contributed by atoms with van der Waals surface area (Å²) in [4.78, 5) is 0. The van der Waals surface area contributed by atoms with Gasteiger partial charge in [0, 0.05) is 32.4 Å². The zero-order valence-corrected chi connectivity index (χ0v) is 11.7. The Morgan fingerprint density at radius 2 is 2.17 bits per heavy atom. The molecule has 1 aromatic rings. The van der Waals surface area contributed by atoms with Crippen molar-refractivity contribution in [3.05, 3.63) is 18.0 Å². The first-order valence-electron chi connectivity index (χ1n) is 6.13. The maximum Gasteiger partial charge on any atom is 0.217 e. The number of hydrogen-bond donors (Lipinski definition) is 1. The molecule has 6 nitrogen and oxygen atoms in total. The summed E-state index contributed by atoms with van der Waals surface area (Å²) in [7, 11) is 0.273. The minimum atomic E-state index is -3.19. The SMILES string of the molecule is CN(Cc1cnn(C)c1)S(=O)(=O)C1CCNCC1. The van der Waals surface area contributed by atoms with E-state index in [2.05, 4.69) is 10.4 Å². The number of piperidine rings is 1. The van der Waals surface area contributed by atoms with Crippen LogP contribution in [0.4, 0.5) is 0 Å². The Bertz CT molecular complexity index is 491. The van der Waals surface area contributed by atoms with Crippen molar-refractivity contribution in [2.45, 2.75) is 24.6 Å². The van der Waals surface area contributed by atoms with Crippen molar-refractivity contribution >= 4 is 10.0 Å². The van der Waals surface area contributed by atoms with Gasteiger partial charge in [-0.2, -0.15) is 5.10 Å². The molecule has 0 atom stereocenters. The molecule has 0 amide bonds. The van der Waals surface area contributed by atoms with Gasteiger partial charge in [0.2, 0.25) is 10.0 Å². The van der Waals surface area contributed by atoms with Crippen molar-refractivity contribution in [2.75, 3.05) is 20.1 Å². The Kier molecular flexibility index (Phi) is 4.04. The van der Waals surface area contributed by atoms with Crippen molar-refractivity contribution in [1.29, 1.82) is 0 Å². The second-order valence-corrected chi connectivity index (χ2v) is 7.09. The molecule has 102 valence electrons. The van der Waals surface area contributed by atoms with Crippen LogP contribution >= 0.6 is 0 Å². The molecule has 18 heavy (non-hydrogen) atoms. The van der Waals surface area contributed by atoms with Gasteiger partial charge in [-0.3, -0.25) is 4.68 Å². The first kappa shape index (κ1) is 13.5. The normalized spacial score (nSPS) is 18.4. The maximum absolute atomic E-state index is 12.4. The van der Waals surface area contributed by atoms with E-state index in [1.54, 1.807) is 17.9 Å². The third-order valence-electron chi connectivity index (χ3n) is 3.31. The van der Waals surface area contributed by atoms with E-state index >= 15 is 0 Å². The predicted octanol–water partition coefficient (Wildman–Crippen LogP) is -0.0663. The highest BCUT2D eigenvalue weighted by Crippen LogP contribution is 2.18. The van der Waals surface area contributed by atoms with Gasteiger partial charge in [0.1, 0.15) is 0 Å². The molecule has 2 rings (SSSR count). The molecule has 0 aliphatic carbocycles. The van der Waals surface area contributed by atoms with Crippen molar-refractivity contribution in [3.63, 3.8) is 0 Å². The molecule has 7 heteroatoms. The average molecular weight is 272 g/mol. The molecular formula is C11H20N4O2S. The summed E-state index contributed by atoms with van der Waals surface area (Å²) in [6.07, 6.45) is 4.93. The van der Waals surface area contributed by atoms with Crippen LogP contribution in [0.15, 0.2) is 12.4 Å². The zero-order chi connectivity index (χ0) is 13.2. The molecule has 0 unspecified atom stereocenters. The summed E-state index contributed by atoms with van der Waals surface area (Å²) >= 11 is 0. The van der Waals surface area contributed by atoms with Crippen LogP contribution in [-0.4, -0.2) is 47.9 Å². The standard InChI is InChI=1S/C11H20N4O2S/c1-14-8-10(7-13-14)9-15(2)18(16,17)11-3-5-12-6-4-11/h7-8,11-12H,3-6,9H2,1-2H3. The summed E-state index contributed by atoms with van der Waals surface area (Å²) in [5.41, 5.74) is 0.914. The molecular weight excluding hydrogens is 252 g/mol. The first-order chi connectivity index (χ1) is 8.50. The molecule has 0 radical (unpaired) electrons. The van der Waals surface area contributed by atoms with Gasteiger partial charge in [-0.05, 0) is 25.9 Å². The summed E-state index contributed by atoms with van der Waals surface area (Å²) in [5.74, 6) is 0. The van der Waals surface area contributed by atoms with E-state index in [1.165, 1.54) is 4.31 Å². The van der Waals surface area contributed by atoms with Crippen molar-refractivity contribution < 1.29 is 8.42 Å². The highest BCUT2D eigenvalue weighted by molar-refractivity contribution is 7.89. The van der Waals surface area contributed by atoms with Gasteiger partial charge in [-0.15, -0.1) is 0 Å². The summed E-state index contributed by atoms with van der Waals surface area (Å²) < 4.78 is 27.9. The van der Waals surface area contributed by atoms with Gasteiger partial charge in [-0.25, -0.2) is 12.7 Å². The van der Waals surface area contributed by atoms with E-state index in [9.17, 15) is 8.42 Å². The van der Waals surface area contributed by atoms with Crippen LogP contribution in [0.3, 0.4) is 0 Å². The van der Waals surface area contributed by atoms with Gasteiger partial charge in [0.05, 0.1) is 11.4 Å². The van der Waals surface area contributed by atoms with Gasteiger partial charge in [0.15, 0.2) is 0 Å². The molecule has 0 saturated carbocycles. The van der Waals surface area contributed by atoms with E-state index in [4.69, 9.17) is 0 Å². The molecule has 0 aromatic carbocycles. The Labute approximate surface area is 108 Å². The molecule has 2 heterocycles. The van der Waals surface area contributed by atoms with Gasteiger partial charge >= 0.3 is 0 Å². The van der Waals surface area contributed by atoms with Crippen LogP contribution < -0.4 is 5.32 Å². The fourth-order valence-electron chi connectivity index (χ4n) is 2.25. The molecule has 1 aliphatic heterocycles. The van der Waals surface area contributed by atoms with E-state index in [1.807, 2.05) is 13.2 Å². The Balaban J connectivity index is 2.04. The van der Waals surface area contributed by atoms with Gasteiger partial charge in [0.25, 0.3) is 0 Å². The Morgan fingerprint density at radius 1 is 1.50 bits per heavy atom. The van der Waals surface area contributed by atoms with Crippen LogP contribution in [0, 0.1) is 0 Å². The smallest absolute Gasteiger partial charge is 0.217 e. The fourth-order valence-corrected chi connectivity index (χ4v) is 3.92. The van der Waals surface area contributed by atoms with Crippen LogP contribution in [-0.2, 0) is 23.6 Å². The lowest BCUT2D eigenvalue weighted by Gasteiger charge is -2.27. The lowest BCUT2D eigenvalue weighted by molar-refractivity contribution is 0.428. The van der Waals surface area contributed by atoms with Crippen molar-refractivity contribution in [2.24, 2.45) is 7.05 Å². The molecule has 0 bridgehead atoms. The molecule has 1 fully saturated rings. The average Bonchev–Trinajstić information content (AvgIpc) is 2.76. The van der Waals surface area contributed by atoms with Crippen molar-refractivity contribution in [3.8, 4) is 0 Å². The first-order valence-corrected chi connectivity index (χ1v) is 7.64. The number of nitrogens with zero attached hydrogens (tertiary/aromatic N) is 3. The molecule has 0 spiro atoms. The largest absolute Gasteiger partial charge is 0.317 e. The monoisotopic (exact) mass is 272 g/mol. The van der Waals surface area contributed by atoms with Crippen LogP contribution in [0.2, 0.25) is 0 Å². The fraction of sp³-hybridized carbons (Fsp3) is 0.727. The maximum atomic E-state index is 12.4. The Morgan fingerprint density at radius 3 is 2.72 bits per heavy atom. The van der Waals surface area contributed by atoms with Crippen LogP contribution in [0.25, 0.3) is 0 Å². The van der Waals surface area contributed by atoms with Gasteiger partial charge < -0.3 is 5.32 Å². The second-order valence-electron chi connectivity index (χ2n) is 4.77. The van der Waals surface area contributed by atoms with Crippen LogP contribution in [0.1, 0.15) is 18.4 Å². The number of nitrogens with one attached hydrogen (secondary N) is 1. The third kappa shape index (κ3) is 2.90. The highest BCUT2D eigenvalue weighted by Gasteiger charge is 2.30. The molecule has 1 aromatic heterocycles. The summed E-state index contributed by atoms with van der Waals surface area (Å²) in [6, 6.07) is 0. The molecule has 1 N–H and O–H groups in total. The number of rotatable bonds is 4. The topological polar surface area (TPSA) is 67.2 Å². The number of sulfonamides is 1. The lowest BCUT2D eigenvalue weighted by Crippen LogP contribution is -2.42. The van der Waals surface area contributed by atoms with Crippen molar-refractivity contribution in [1.82, 2.24) is 19.4 Å². The lowest BCUT2D eigenvalue weighted by atomic mass is 10.2. The predicted molar refractivity (Wildman–Crippen MR) is 69.5 cm³/mol.